The van der Waals surface area contributed by atoms with Gasteiger partial charge < -0.3 is 30.2 Å². The van der Waals surface area contributed by atoms with E-state index in [0.29, 0.717) is 65.5 Å². The topological polar surface area (TPSA) is 145 Å². The summed E-state index contributed by atoms with van der Waals surface area (Å²) in [5, 5.41) is 0. The number of nitrogens with zero attached hydrogens (tertiary/aromatic N) is 3. The molecule has 0 radical (unpaired) electrons. The zero-order valence-corrected chi connectivity index (χ0v) is 26.7. The van der Waals surface area contributed by atoms with E-state index in [9.17, 15) is 9.59 Å². The Bertz CT molecular complexity index is 2000. The molecule has 0 aliphatic carbocycles. The fourth-order valence-electron chi connectivity index (χ4n) is 6.17. The smallest absolute Gasteiger partial charge is 0.254 e. The molecular formula is C37H37N5O5. The number of carbonyl (C=O) groups excluding carboxylic acids is 1. The van der Waals surface area contributed by atoms with E-state index in [0.717, 1.165) is 40.7 Å². The van der Waals surface area contributed by atoms with Gasteiger partial charge in [0.2, 0.25) is 5.43 Å². The highest BCUT2D eigenvalue weighted by Crippen LogP contribution is 2.36. The Balaban J connectivity index is 1.38. The van der Waals surface area contributed by atoms with Crippen LogP contribution in [0.5, 0.6) is 11.5 Å². The van der Waals surface area contributed by atoms with Crippen LogP contribution in [0.25, 0.3) is 44.6 Å². The van der Waals surface area contributed by atoms with Crippen LogP contribution in [0.15, 0.2) is 84.0 Å². The van der Waals surface area contributed by atoms with Gasteiger partial charge in [-0.3, -0.25) is 14.6 Å². The fourth-order valence-corrected chi connectivity index (χ4v) is 6.17. The minimum absolute atomic E-state index is 0.00273. The van der Waals surface area contributed by atoms with Gasteiger partial charge in [-0.15, -0.1) is 0 Å². The third-order valence-corrected chi connectivity index (χ3v) is 8.79. The number of nitrogens with two attached hydrogens (primary N) is 2. The molecule has 240 valence electrons. The Morgan fingerprint density at radius 3 is 2.30 bits per heavy atom. The van der Waals surface area contributed by atoms with Gasteiger partial charge in [0.15, 0.2) is 11.5 Å². The maximum absolute atomic E-state index is 13.8. The van der Waals surface area contributed by atoms with Gasteiger partial charge in [0.1, 0.15) is 11.4 Å². The average molecular weight is 632 g/mol. The van der Waals surface area contributed by atoms with Gasteiger partial charge in [0.25, 0.3) is 5.91 Å². The van der Waals surface area contributed by atoms with Crippen molar-refractivity contribution in [3.63, 3.8) is 0 Å². The molecule has 6 rings (SSSR count). The monoisotopic (exact) mass is 631 g/mol. The molecule has 10 nitrogen and oxygen atoms in total. The summed E-state index contributed by atoms with van der Waals surface area (Å²) in [7, 11) is 3.20. The quantitative estimate of drug-likeness (QED) is 0.210. The van der Waals surface area contributed by atoms with Crippen molar-refractivity contribution in [2.75, 3.05) is 33.2 Å². The second kappa shape index (κ2) is 13.5. The van der Waals surface area contributed by atoms with E-state index in [1.54, 1.807) is 39.6 Å². The first-order valence-corrected chi connectivity index (χ1v) is 15.4. The van der Waals surface area contributed by atoms with Crippen molar-refractivity contribution in [1.29, 1.82) is 0 Å². The number of amides is 1. The Labute approximate surface area is 273 Å². The third-order valence-electron chi connectivity index (χ3n) is 8.79. The highest BCUT2D eigenvalue weighted by Gasteiger charge is 2.23. The van der Waals surface area contributed by atoms with Gasteiger partial charge in [-0.1, -0.05) is 36.4 Å². The molecule has 47 heavy (non-hydrogen) atoms. The summed E-state index contributed by atoms with van der Waals surface area (Å²) in [6, 6.07) is 19.1. The maximum atomic E-state index is 13.8. The second-order valence-corrected chi connectivity index (χ2v) is 11.6. The van der Waals surface area contributed by atoms with Crippen LogP contribution in [0.4, 0.5) is 5.82 Å². The van der Waals surface area contributed by atoms with Gasteiger partial charge >= 0.3 is 0 Å². The van der Waals surface area contributed by atoms with Crippen LogP contribution in [0, 0.1) is 12.8 Å². The van der Waals surface area contributed by atoms with Gasteiger partial charge in [-0.2, -0.15) is 0 Å². The standard InChI is InChI=1S/C37H37N5O5/c1-22-33(37(39)44)35(43)30(21-42(22)20-23-12-15-47-16-13-23)28-5-4-14-40-34(28)25-8-6-24(7-9-25)29-17-27(19-41-36(29)38)26-10-11-31(45-2)32(18-26)46-3/h4-11,14,17-19,21,23H,12-13,15-16,20H2,1-3H3,(H2,38,41)(H2,39,44). The summed E-state index contributed by atoms with van der Waals surface area (Å²) in [6.07, 6.45) is 7.07. The lowest BCUT2D eigenvalue weighted by Gasteiger charge is -2.25. The Hall–Kier alpha value is -5.48. The lowest BCUT2D eigenvalue weighted by molar-refractivity contribution is 0.0610. The zero-order chi connectivity index (χ0) is 33.1. The van der Waals surface area contributed by atoms with Gasteiger partial charge in [0.05, 0.1) is 19.9 Å². The summed E-state index contributed by atoms with van der Waals surface area (Å²) >= 11 is 0. The van der Waals surface area contributed by atoms with Gasteiger partial charge in [-0.05, 0) is 61.1 Å². The van der Waals surface area contributed by atoms with E-state index >= 15 is 0 Å². The molecule has 1 amide bonds. The SMILES string of the molecule is COc1ccc(-c2cnc(N)c(-c3ccc(-c4ncccc4-c4cn(CC5CCOCC5)c(C)c(C(N)=O)c4=O)cc3)c2)cc1OC. The summed E-state index contributed by atoms with van der Waals surface area (Å²) < 4.78 is 18.4. The molecule has 3 aromatic heterocycles. The molecule has 1 saturated heterocycles. The molecule has 4 N–H and O–H groups in total. The van der Waals surface area contributed by atoms with Crippen LogP contribution in [0.2, 0.25) is 0 Å². The largest absolute Gasteiger partial charge is 0.493 e. The summed E-state index contributed by atoms with van der Waals surface area (Å²) in [5.41, 5.74) is 18.1. The van der Waals surface area contributed by atoms with E-state index in [4.69, 9.17) is 25.7 Å². The molecule has 10 heteroatoms. The molecular weight excluding hydrogens is 594 g/mol. The first-order valence-electron chi connectivity index (χ1n) is 15.4. The Morgan fingerprint density at radius 2 is 1.60 bits per heavy atom. The van der Waals surface area contributed by atoms with Crippen molar-refractivity contribution in [3.05, 3.63) is 101 Å². The normalized spacial score (nSPS) is 13.3. The van der Waals surface area contributed by atoms with E-state index in [-0.39, 0.29) is 5.56 Å². The number of nitrogen functional groups attached to an aromatic ring is 1. The van der Waals surface area contributed by atoms with Crippen molar-refractivity contribution in [1.82, 2.24) is 14.5 Å². The predicted molar refractivity (Wildman–Crippen MR) is 182 cm³/mol. The number of hydrogen-bond donors (Lipinski definition) is 2. The Kier molecular flexibility index (Phi) is 9.03. The summed E-state index contributed by atoms with van der Waals surface area (Å²) in [5.74, 6) is 1.27. The van der Waals surface area contributed by atoms with Crippen LogP contribution in [0.3, 0.4) is 0 Å². The van der Waals surface area contributed by atoms with Crippen molar-refractivity contribution in [2.24, 2.45) is 11.7 Å². The molecule has 1 aliphatic heterocycles. The van der Waals surface area contributed by atoms with Gasteiger partial charge in [-0.25, -0.2) is 4.98 Å². The highest BCUT2D eigenvalue weighted by atomic mass is 16.5. The predicted octanol–water partition coefficient (Wildman–Crippen LogP) is 5.74. The lowest BCUT2D eigenvalue weighted by Crippen LogP contribution is -2.29. The number of aromatic nitrogens is 3. The highest BCUT2D eigenvalue weighted by molar-refractivity contribution is 5.95. The number of methoxy groups -OCH3 is 2. The third kappa shape index (κ3) is 6.32. The zero-order valence-electron chi connectivity index (χ0n) is 26.7. The average Bonchev–Trinajstić information content (AvgIpc) is 3.10. The minimum Gasteiger partial charge on any atom is -0.493 e. The molecule has 0 unspecified atom stereocenters. The van der Waals surface area contributed by atoms with Gasteiger partial charge in [0, 0.05) is 71.9 Å². The number of ether oxygens (including phenoxy) is 3. The molecule has 2 aromatic carbocycles. The van der Waals surface area contributed by atoms with Crippen LogP contribution in [-0.4, -0.2) is 47.9 Å². The first-order chi connectivity index (χ1) is 22.8. The molecule has 1 fully saturated rings. The number of rotatable bonds is 9. The fraction of sp³-hybridized carbons (Fsp3) is 0.243. The molecule has 0 atom stereocenters. The number of hydrogen-bond acceptors (Lipinski definition) is 8. The molecule has 4 heterocycles. The van der Waals surface area contributed by atoms with Crippen LogP contribution < -0.4 is 26.4 Å². The number of pyridine rings is 3. The molecule has 0 saturated carbocycles. The number of carbonyl (C=O) groups is 1. The second-order valence-electron chi connectivity index (χ2n) is 11.6. The van der Waals surface area contributed by atoms with E-state index in [2.05, 4.69) is 9.97 Å². The Morgan fingerprint density at radius 1 is 0.894 bits per heavy atom. The van der Waals surface area contributed by atoms with Crippen molar-refractivity contribution < 1.29 is 19.0 Å². The number of benzene rings is 2. The van der Waals surface area contributed by atoms with Crippen LogP contribution in [0.1, 0.15) is 28.9 Å². The van der Waals surface area contributed by atoms with Crippen molar-refractivity contribution in [2.45, 2.75) is 26.3 Å². The van der Waals surface area contributed by atoms with E-state index in [1.807, 2.05) is 65.4 Å². The minimum atomic E-state index is -0.744. The van der Waals surface area contributed by atoms with E-state index in [1.165, 1.54) is 0 Å². The maximum Gasteiger partial charge on any atom is 0.254 e. The van der Waals surface area contributed by atoms with Crippen LogP contribution >= 0.6 is 0 Å². The summed E-state index contributed by atoms with van der Waals surface area (Å²) in [6.45, 7) is 3.83. The first kappa shape index (κ1) is 31.5. The van der Waals surface area contributed by atoms with E-state index < -0.39 is 11.3 Å². The van der Waals surface area contributed by atoms with Crippen molar-refractivity contribution >= 4 is 11.7 Å². The van der Waals surface area contributed by atoms with Crippen LogP contribution in [-0.2, 0) is 11.3 Å². The van der Waals surface area contributed by atoms with Crippen molar-refractivity contribution in [3.8, 4) is 56.1 Å². The molecule has 0 bridgehead atoms. The molecule has 5 aromatic rings. The lowest BCUT2D eigenvalue weighted by atomic mass is 9.95. The molecule has 0 spiro atoms. The molecule has 1 aliphatic rings. The number of anilines is 1. The summed E-state index contributed by atoms with van der Waals surface area (Å²) in [4.78, 5) is 35.4. The number of primary amides is 1.